The highest BCUT2D eigenvalue weighted by atomic mass is 16.4. The lowest BCUT2D eigenvalue weighted by molar-refractivity contribution is -0.138. The summed E-state index contributed by atoms with van der Waals surface area (Å²) in [5, 5.41) is 10.6. The number of carbonyl (C=O) groups is 3. The predicted molar refractivity (Wildman–Crippen MR) is 43.7 cm³/mol. The maximum absolute atomic E-state index is 10.8. The molecule has 0 rings (SSSR count). The molecule has 0 aromatic carbocycles. The number of hydrogen-bond donors (Lipinski definition) is 3. The van der Waals surface area contributed by atoms with Gasteiger partial charge in [0.05, 0.1) is 6.42 Å². The summed E-state index contributed by atoms with van der Waals surface area (Å²) in [5.41, 5.74) is 4.82. The fourth-order valence-corrected chi connectivity index (χ4v) is 0.634. The molecule has 6 nitrogen and oxygen atoms in total. The monoisotopic (exact) mass is 188 g/mol. The summed E-state index contributed by atoms with van der Waals surface area (Å²) < 4.78 is 0. The average molecular weight is 188 g/mol. The molecular formula is C7H12N2O4. The number of aliphatic carboxylic acids is 1. The molecule has 74 valence electrons. The van der Waals surface area contributed by atoms with Crippen molar-refractivity contribution in [2.45, 2.75) is 19.3 Å². The van der Waals surface area contributed by atoms with Crippen molar-refractivity contribution in [1.82, 2.24) is 5.32 Å². The van der Waals surface area contributed by atoms with E-state index in [4.69, 9.17) is 10.8 Å². The molecule has 0 atom stereocenters. The molecule has 0 saturated heterocycles. The SMILES string of the molecule is NC(=O)CCNC(=O)CCC(=O)O. The largest absolute Gasteiger partial charge is 0.481 e. The van der Waals surface area contributed by atoms with E-state index in [0.717, 1.165) is 0 Å². The van der Waals surface area contributed by atoms with Gasteiger partial charge in [-0.1, -0.05) is 0 Å². The van der Waals surface area contributed by atoms with Gasteiger partial charge in [-0.3, -0.25) is 14.4 Å². The number of amides is 2. The van der Waals surface area contributed by atoms with Crippen molar-refractivity contribution < 1.29 is 19.5 Å². The summed E-state index contributed by atoms with van der Waals surface area (Å²) >= 11 is 0. The number of carboxylic acid groups (broad SMARTS) is 1. The number of nitrogens with one attached hydrogen (secondary N) is 1. The smallest absolute Gasteiger partial charge is 0.303 e. The van der Waals surface area contributed by atoms with E-state index in [1.807, 2.05) is 0 Å². The summed E-state index contributed by atoms with van der Waals surface area (Å²) in [6.07, 6.45) is -0.213. The molecule has 0 aliphatic rings. The Hall–Kier alpha value is -1.59. The van der Waals surface area contributed by atoms with Crippen LogP contribution in [0.3, 0.4) is 0 Å². The van der Waals surface area contributed by atoms with Gasteiger partial charge in [0, 0.05) is 19.4 Å². The first-order chi connectivity index (χ1) is 6.02. The standard InChI is InChI=1S/C7H12N2O4/c8-5(10)3-4-9-6(11)1-2-7(12)13/h1-4H2,(H2,8,10)(H,9,11)(H,12,13). The molecule has 0 fully saturated rings. The Morgan fingerprint density at radius 1 is 1.15 bits per heavy atom. The third kappa shape index (κ3) is 8.32. The Bertz CT molecular complexity index is 215. The minimum Gasteiger partial charge on any atom is -0.481 e. The van der Waals surface area contributed by atoms with Crippen LogP contribution in [-0.4, -0.2) is 29.4 Å². The van der Waals surface area contributed by atoms with Crippen LogP contribution in [0.4, 0.5) is 0 Å². The molecule has 2 amide bonds. The first-order valence-electron chi connectivity index (χ1n) is 3.79. The van der Waals surface area contributed by atoms with Crippen LogP contribution in [0.5, 0.6) is 0 Å². The number of carbonyl (C=O) groups excluding carboxylic acids is 2. The normalized spacial score (nSPS) is 9.23. The summed E-state index contributed by atoms with van der Waals surface area (Å²) in [7, 11) is 0. The van der Waals surface area contributed by atoms with E-state index < -0.39 is 11.9 Å². The minimum atomic E-state index is -1.02. The van der Waals surface area contributed by atoms with E-state index in [1.54, 1.807) is 0 Å². The maximum Gasteiger partial charge on any atom is 0.303 e. The van der Waals surface area contributed by atoms with E-state index in [-0.39, 0.29) is 31.7 Å². The van der Waals surface area contributed by atoms with E-state index >= 15 is 0 Å². The Balaban J connectivity index is 3.41. The topological polar surface area (TPSA) is 109 Å². The first-order valence-corrected chi connectivity index (χ1v) is 3.79. The number of carboxylic acids is 1. The molecule has 0 radical (unpaired) electrons. The molecule has 0 saturated carbocycles. The van der Waals surface area contributed by atoms with Gasteiger partial charge in [-0.05, 0) is 0 Å². The fourth-order valence-electron chi connectivity index (χ4n) is 0.634. The average Bonchev–Trinajstić information content (AvgIpc) is 2.00. The summed E-state index contributed by atoms with van der Waals surface area (Å²) in [6, 6.07) is 0. The summed E-state index contributed by atoms with van der Waals surface area (Å²) in [4.78, 5) is 31.1. The van der Waals surface area contributed by atoms with Gasteiger partial charge >= 0.3 is 5.97 Å². The van der Waals surface area contributed by atoms with E-state index in [2.05, 4.69) is 5.32 Å². The second-order valence-corrected chi connectivity index (χ2v) is 2.46. The zero-order chi connectivity index (χ0) is 10.3. The van der Waals surface area contributed by atoms with Crippen LogP contribution in [0.2, 0.25) is 0 Å². The van der Waals surface area contributed by atoms with Gasteiger partial charge in [0.1, 0.15) is 0 Å². The predicted octanol–water partition coefficient (Wildman–Crippen LogP) is -1.16. The van der Waals surface area contributed by atoms with Crippen LogP contribution in [0.15, 0.2) is 0 Å². The number of hydrogen-bond acceptors (Lipinski definition) is 3. The van der Waals surface area contributed by atoms with Crippen molar-refractivity contribution in [3.63, 3.8) is 0 Å². The lowest BCUT2D eigenvalue weighted by Crippen LogP contribution is -2.28. The molecule has 13 heavy (non-hydrogen) atoms. The van der Waals surface area contributed by atoms with Crippen molar-refractivity contribution in [3.8, 4) is 0 Å². The van der Waals surface area contributed by atoms with Crippen LogP contribution in [-0.2, 0) is 14.4 Å². The molecule has 0 unspecified atom stereocenters. The van der Waals surface area contributed by atoms with Crippen LogP contribution < -0.4 is 11.1 Å². The number of nitrogens with two attached hydrogens (primary N) is 1. The van der Waals surface area contributed by atoms with Gasteiger partial charge in [-0.15, -0.1) is 0 Å². The molecule has 0 aliphatic carbocycles. The second-order valence-electron chi connectivity index (χ2n) is 2.46. The fraction of sp³-hybridized carbons (Fsp3) is 0.571. The Morgan fingerprint density at radius 2 is 1.77 bits per heavy atom. The van der Waals surface area contributed by atoms with Crippen molar-refractivity contribution in [2.75, 3.05) is 6.54 Å². The van der Waals surface area contributed by atoms with Crippen LogP contribution in [0.1, 0.15) is 19.3 Å². The van der Waals surface area contributed by atoms with Crippen molar-refractivity contribution >= 4 is 17.8 Å². The lowest BCUT2D eigenvalue weighted by atomic mass is 10.3. The van der Waals surface area contributed by atoms with Gasteiger partial charge in [-0.2, -0.15) is 0 Å². The van der Waals surface area contributed by atoms with Gasteiger partial charge in [0.15, 0.2) is 0 Å². The second kappa shape index (κ2) is 5.99. The summed E-state index contributed by atoms with van der Waals surface area (Å²) in [5.74, 6) is -1.91. The molecule has 0 bridgehead atoms. The number of rotatable bonds is 6. The van der Waals surface area contributed by atoms with Crippen molar-refractivity contribution in [2.24, 2.45) is 5.73 Å². The van der Waals surface area contributed by atoms with Gasteiger partial charge in [-0.25, -0.2) is 0 Å². The number of primary amides is 1. The van der Waals surface area contributed by atoms with Crippen molar-refractivity contribution in [3.05, 3.63) is 0 Å². The highest BCUT2D eigenvalue weighted by molar-refractivity contribution is 5.81. The van der Waals surface area contributed by atoms with Crippen LogP contribution in [0.25, 0.3) is 0 Å². The highest BCUT2D eigenvalue weighted by Crippen LogP contribution is 1.88. The van der Waals surface area contributed by atoms with Crippen molar-refractivity contribution in [1.29, 1.82) is 0 Å². The van der Waals surface area contributed by atoms with Gasteiger partial charge < -0.3 is 16.2 Å². The first kappa shape index (κ1) is 11.4. The molecule has 4 N–H and O–H groups in total. The summed E-state index contributed by atoms with van der Waals surface area (Å²) in [6.45, 7) is 0.161. The van der Waals surface area contributed by atoms with E-state index in [9.17, 15) is 14.4 Å². The Morgan fingerprint density at radius 3 is 2.23 bits per heavy atom. The molecule has 0 aliphatic heterocycles. The van der Waals surface area contributed by atoms with Crippen LogP contribution in [0, 0.1) is 0 Å². The zero-order valence-electron chi connectivity index (χ0n) is 7.08. The third-order valence-corrected chi connectivity index (χ3v) is 1.26. The van der Waals surface area contributed by atoms with E-state index in [0.29, 0.717) is 0 Å². The molecule has 0 spiro atoms. The molecule has 0 heterocycles. The Labute approximate surface area is 75.1 Å². The highest BCUT2D eigenvalue weighted by Gasteiger charge is 2.04. The molecule has 0 aromatic heterocycles. The quantitative estimate of drug-likeness (QED) is 0.488. The van der Waals surface area contributed by atoms with Gasteiger partial charge in [0.25, 0.3) is 0 Å². The minimum absolute atomic E-state index is 0.0683. The van der Waals surface area contributed by atoms with Crippen LogP contribution >= 0.6 is 0 Å². The van der Waals surface area contributed by atoms with Gasteiger partial charge in [0.2, 0.25) is 11.8 Å². The zero-order valence-corrected chi connectivity index (χ0v) is 7.08. The molecule has 6 heteroatoms. The molecule has 0 aromatic rings. The lowest BCUT2D eigenvalue weighted by Gasteiger charge is -2.01. The Kier molecular flexibility index (Phi) is 5.25. The molecular weight excluding hydrogens is 176 g/mol. The maximum atomic E-state index is 10.8. The van der Waals surface area contributed by atoms with E-state index in [1.165, 1.54) is 0 Å². The third-order valence-electron chi connectivity index (χ3n) is 1.26.